The fourth-order valence-corrected chi connectivity index (χ4v) is 6.45. The molecule has 10 heteroatoms. The lowest BCUT2D eigenvalue weighted by atomic mass is 9.95. The van der Waals surface area contributed by atoms with Gasteiger partial charge in [0, 0.05) is 20.1 Å². The molecule has 3 rings (SSSR count). The van der Waals surface area contributed by atoms with E-state index in [1.807, 2.05) is 6.92 Å². The number of carbonyl (C=O) groups excluding carboxylic acids is 2. The summed E-state index contributed by atoms with van der Waals surface area (Å²) in [6.45, 7) is 6.73. The van der Waals surface area contributed by atoms with E-state index in [4.69, 9.17) is 4.74 Å². The summed E-state index contributed by atoms with van der Waals surface area (Å²) in [5, 5.41) is 2.55. The Labute approximate surface area is 226 Å². The van der Waals surface area contributed by atoms with Gasteiger partial charge in [0.2, 0.25) is 21.8 Å². The molecular weight excluding hydrogens is 504 g/mol. The van der Waals surface area contributed by atoms with Gasteiger partial charge in [-0.3, -0.25) is 9.59 Å². The second-order valence-corrected chi connectivity index (χ2v) is 11.7. The van der Waals surface area contributed by atoms with E-state index in [2.05, 4.69) is 40.2 Å². The number of aryl methyl sites for hydroxylation is 2. The zero-order valence-electron chi connectivity index (χ0n) is 23.3. The van der Waals surface area contributed by atoms with Gasteiger partial charge in [0.1, 0.15) is 5.75 Å². The molecule has 1 atom stereocenters. The second kappa shape index (κ2) is 12.7. The number of amides is 2. The maximum atomic E-state index is 12.9. The van der Waals surface area contributed by atoms with Gasteiger partial charge in [0.25, 0.3) is 0 Å². The van der Waals surface area contributed by atoms with Gasteiger partial charge in [-0.1, -0.05) is 25.1 Å². The zero-order valence-corrected chi connectivity index (χ0v) is 24.1. The van der Waals surface area contributed by atoms with Crippen LogP contribution in [-0.2, 0) is 32.5 Å². The van der Waals surface area contributed by atoms with Crippen LogP contribution in [0.2, 0.25) is 0 Å². The average molecular weight is 545 g/mol. The van der Waals surface area contributed by atoms with E-state index < -0.39 is 22.5 Å². The molecule has 0 saturated carbocycles. The molecule has 208 valence electrons. The number of hydrogen-bond donors (Lipinski definition) is 2. The quantitative estimate of drug-likeness (QED) is 0.476. The van der Waals surface area contributed by atoms with Crippen LogP contribution in [0.15, 0.2) is 35.2 Å². The summed E-state index contributed by atoms with van der Waals surface area (Å²) in [6.07, 6.45) is 2.73. The largest absolute Gasteiger partial charge is 0.497 e. The van der Waals surface area contributed by atoms with E-state index in [-0.39, 0.29) is 23.4 Å². The minimum Gasteiger partial charge on any atom is -0.497 e. The molecule has 0 spiro atoms. The number of fused-ring (bicyclic) bond motifs is 1. The van der Waals surface area contributed by atoms with Gasteiger partial charge in [0.05, 0.1) is 31.1 Å². The number of carbonyl (C=O) groups is 2. The van der Waals surface area contributed by atoms with Crippen LogP contribution in [0, 0.1) is 13.8 Å². The molecule has 0 aliphatic carbocycles. The molecular formula is C28H40N4O5S. The average Bonchev–Trinajstić information content (AvgIpc) is 3.06. The molecule has 9 nitrogen and oxygen atoms in total. The molecule has 0 saturated heterocycles. The Morgan fingerprint density at radius 3 is 2.29 bits per heavy atom. The van der Waals surface area contributed by atoms with Crippen molar-refractivity contribution >= 4 is 21.8 Å². The predicted octanol–water partition coefficient (Wildman–Crippen LogP) is 2.35. The third-order valence-electron chi connectivity index (χ3n) is 7.19. The monoisotopic (exact) mass is 544 g/mol. The van der Waals surface area contributed by atoms with Crippen molar-refractivity contribution in [3.05, 3.63) is 58.1 Å². The highest BCUT2D eigenvalue weighted by Gasteiger charge is 2.24. The third kappa shape index (κ3) is 7.12. The zero-order chi connectivity index (χ0) is 28.0. The summed E-state index contributed by atoms with van der Waals surface area (Å²) in [5.41, 5.74) is 4.80. The second-order valence-electron chi connectivity index (χ2n) is 9.95. The number of hydrogen-bond acceptors (Lipinski definition) is 6. The maximum Gasteiger partial charge on any atom is 0.242 e. The van der Waals surface area contributed by atoms with Crippen LogP contribution in [0.25, 0.3) is 0 Å². The van der Waals surface area contributed by atoms with Crippen molar-refractivity contribution in [1.82, 2.24) is 19.8 Å². The van der Waals surface area contributed by atoms with Crippen LogP contribution in [0.1, 0.15) is 47.2 Å². The van der Waals surface area contributed by atoms with Crippen molar-refractivity contribution in [1.29, 1.82) is 0 Å². The van der Waals surface area contributed by atoms with E-state index in [9.17, 15) is 18.0 Å². The van der Waals surface area contributed by atoms with E-state index >= 15 is 0 Å². The van der Waals surface area contributed by atoms with Crippen LogP contribution < -0.4 is 14.8 Å². The van der Waals surface area contributed by atoms with Gasteiger partial charge < -0.3 is 19.9 Å². The first-order chi connectivity index (χ1) is 18.0. The number of sulfonamides is 1. The number of benzene rings is 2. The molecule has 1 heterocycles. The van der Waals surface area contributed by atoms with Crippen molar-refractivity contribution in [3.63, 3.8) is 0 Å². The van der Waals surface area contributed by atoms with E-state index in [1.54, 1.807) is 37.9 Å². The van der Waals surface area contributed by atoms with E-state index in [1.165, 1.54) is 18.2 Å². The molecule has 2 N–H and O–H groups in total. The minimum atomic E-state index is -3.93. The number of likely N-dealkylation sites (N-methyl/N-ethyl adjacent to an activating group) is 2. The van der Waals surface area contributed by atoms with Crippen molar-refractivity contribution in [2.45, 2.75) is 51.0 Å². The molecule has 38 heavy (non-hydrogen) atoms. The highest BCUT2D eigenvalue weighted by molar-refractivity contribution is 7.89. The molecule has 1 aliphatic heterocycles. The molecule has 2 amide bonds. The fourth-order valence-electron chi connectivity index (χ4n) is 5.02. The van der Waals surface area contributed by atoms with Crippen molar-refractivity contribution in [3.8, 4) is 5.75 Å². The standard InChI is InChI=1S/C28H40N4O5S/c1-7-25(23-9-8-21-10-12-31(4)13-11-22(21)16-23)32(5)27(34)18-29-26(33)17-30-38(35,36)28-19(2)14-24(37-6)15-20(28)3/h8-9,14-16,25,30H,7,10-13,17-18H2,1-6H3,(H,29,33). The Morgan fingerprint density at radius 1 is 1.05 bits per heavy atom. The Hall–Kier alpha value is -2.95. The maximum absolute atomic E-state index is 12.9. The normalized spacial score (nSPS) is 14.8. The Balaban J connectivity index is 1.58. The summed E-state index contributed by atoms with van der Waals surface area (Å²) >= 11 is 0. The first kappa shape index (κ1) is 29.6. The minimum absolute atomic E-state index is 0.111. The highest BCUT2D eigenvalue weighted by atomic mass is 32.2. The molecule has 0 aromatic heterocycles. The summed E-state index contributed by atoms with van der Waals surface area (Å²) in [7, 11) is 1.45. The Bertz CT molecular complexity index is 1250. The predicted molar refractivity (Wildman–Crippen MR) is 148 cm³/mol. The molecule has 2 aromatic rings. The van der Waals surface area contributed by atoms with Crippen LogP contribution >= 0.6 is 0 Å². The molecule has 2 aromatic carbocycles. The van der Waals surface area contributed by atoms with Crippen molar-refractivity contribution < 1.29 is 22.7 Å². The lowest BCUT2D eigenvalue weighted by Crippen LogP contribution is -2.43. The van der Waals surface area contributed by atoms with Gasteiger partial charge in [-0.05, 0) is 80.1 Å². The Kier molecular flexibility index (Phi) is 9.92. The number of methoxy groups -OCH3 is 1. The number of rotatable bonds is 10. The van der Waals surface area contributed by atoms with Gasteiger partial charge in [0.15, 0.2) is 0 Å². The van der Waals surface area contributed by atoms with Gasteiger partial charge in [-0.25, -0.2) is 13.1 Å². The molecule has 0 fully saturated rings. The topological polar surface area (TPSA) is 108 Å². The molecule has 0 bridgehead atoms. The van der Waals surface area contributed by atoms with E-state index in [0.717, 1.165) is 37.9 Å². The number of ether oxygens (including phenoxy) is 1. The number of nitrogens with one attached hydrogen (secondary N) is 2. The summed E-state index contributed by atoms with van der Waals surface area (Å²) in [5.74, 6) is -0.269. The van der Waals surface area contributed by atoms with Crippen LogP contribution in [0.4, 0.5) is 0 Å². The first-order valence-electron chi connectivity index (χ1n) is 12.9. The Morgan fingerprint density at radius 2 is 1.68 bits per heavy atom. The summed E-state index contributed by atoms with van der Waals surface area (Å²) in [6, 6.07) is 9.61. The number of nitrogens with zero attached hydrogens (tertiary/aromatic N) is 2. The van der Waals surface area contributed by atoms with Gasteiger partial charge >= 0.3 is 0 Å². The highest BCUT2D eigenvalue weighted by Crippen LogP contribution is 2.27. The molecule has 0 radical (unpaired) electrons. The fraction of sp³-hybridized carbons (Fsp3) is 0.500. The first-order valence-corrected chi connectivity index (χ1v) is 14.4. The smallest absolute Gasteiger partial charge is 0.242 e. The lowest BCUT2D eigenvalue weighted by Gasteiger charge is -2.28. The third-order valence-corrected chi connectivity index (χ3v) is 8.89. The van der Waals surface area contributed by atoms with Crippen molar-refractivity contribution in [2.24, 2.45) is 0 Å². The van der Waals surface area contributed by atoms with Crippen LogP contribution in [-0.4, -0.2) is 77.4 Å². The van der Waals surface area contributed by atoms with Gasteiger partial charge in [-0.15, -0.1) is 0 Å². The van der Waals surface area contributed by atoms with Crippen molar-refractivity contribution in [2.75, 3.05) is 47.4 Å². The summed E-state index contributed by atoms with van der Waals surface area (Å²) in [4.78, 5) is 29.4. The lowest BCUT2D eigenvalue weighted by molar-refractivity contribution is -0.133. The summed E-state index contributed by atoms with van der Waals surface area (Å²) < 4.78 is 33.2. The molecule has 1 unspecified atom stereocenters. The van der Waals surface area contributed by atoms with E-state index in [0.29, 0.717) is 16.9 Å². The SMILES string of the molecule is CCC(c1ccc2c(c1)CCN(C)CC2)N(C)C(=O)CNC(=O)CNS(=O)(=O)c1c(C)cc(OC)cc1C. The molecule has 1 aliphatic rings. The van der Waals surface area contributed by atoms with Gasteiger partial charge in [-0.2, -0.15) is 0 Å². The van der Waals surface area contributed by atoms with Crippen LogP contribution in [0.3, 0.4) is 0 Å². The van der Waals surface area contributed by atoms with Crippen LogP contribution in [0.5, 0.6) is 5.75 Å².